The Kier molecular flexibility index (Phi) is 3.60. The number of aromatic nitrogens is 3. The van der Waals surface area contributed by atoms with E-state index in [0.29, 0.717) is 6.61 Å². The Hall–Kier alpha value is -2.40. The number of hydrogen-bond acceptors (Lipinski definition) is 4. The summed E-state index contributed by atoms with van der Waals surface area (Å²) in [5, 5.41) is 4.43. The molecule has 0 saturated heterocycles. The molecule has 0 radical (unpaired) electrons. The van der Waals surface area contributed by atoms with Gasteiger partial charge in [-0.05, 0) is 24.3 Å². The van der Waals surface area contributed by atoms with Crippen molar-refractivity contribution in [1.29, 1.82) is 0 Å². The Morgan fingerprint density at radius 3 is 3.05 bits per heavy atom. The summed E-state index contributed by atoms with van der Waals surface area (Å²) in [6, 6.07) is 10.1. The molecule has 0 saturated carbocycles. The van der Waals surface area contributed by atoms with Crippen LogP contribution in [-0.2, 0) is 11.3 Å². The van der Waals surface area contributed by atoms with Gasteiger partial charge < -0.3 is 14.6 Å². The second-order valence-electron chi connectivity index (χ2n) is 4.47. The van der Waals surface area contributed by atoms with Crippen LogP contribution in [0.4, 0.5) is 11.6 Å². The number of fused-ring (bicyclic) bond motifs is 1. The van der Waals surface area contributed by atoms with E-state index in [1.54, 1.807) is 19.5 Å². The largest absolute Gasteiger partial charge is 0.383 e. The third-order valence-corrected chi connectivity index (χ3v) is 3.11. The molecule has 0 aliphatic heterocycles. The monoisotopic (exact) mass is 268 g/mol. The number of rotatable bonds is 5. The number of nitrogens with zero attached hydrogens (tertiary/aromatic N) is 3. The van der Waals surface area contributed by atoms with Crippen LogP contribution in [0, 0.1) is 0 Å². The van der Waals surface area contributed by atoms with E-state index in [0.717, 1.165) is 29.1 Å². The summed E-state index contributed by atoms with van der Waals surface area (Å²) in [4.78, 5) is 8.64. The fourth-order valence-electron chi connectivity index (χ4n) is 2.09. The summed E-state index contributed by atoms with van der Waals surface area (Å²) in [5.41, 5.74) is 1.98. The third kappa shape index (κ3) is 2.62. The van der Waals surface area contributed by atoms with Crippen LogP contribution in [-0.4, -0.2) is 28.3 Å². The maximum absolute atomic E-state index is 5.09. The molecule has 0 amide bonds. The van der Waals surface area contributed by atoms with E-state index >= 15 is 0 Å². The minimum absolute atomic E-state index is 0.659. The van der Waals surface area contributed by atoms with Gasteiger partial charge in [0.05, 0.1) is 12.1 Å². The molecule has 0 unspecified atom stereocenters. The zero-order chi connectivity index (χ0) is 13.8. The van der Waals surface area contributed by atoms with Gasteiger partial charge in [0, 0.05) is 43.3 Å². The molecule has 0 aliphatic rings. The standard InChI is InChI=1S/C15H16N4O/c1-20-10-9-19-8-7-17-15(19)18-13-4-5-14-12(11-13)3-2-6-16-14/h2-8,11H,9-10H2,1H3,(H,17,18). The van der Waals surface area contributed by atoms with Crippen molar-refractivity contribution < 1.29 is 4.74 Å². The van der Waals surface area contributed by atoms with Gasteiger partial charge in [-0.2, -0.15) is 0 Å². The topological polar surface area (TPSA) is 52.0 Å². The fourth-order valence-corrected chi connectivity index (χ4v) is 2.09. The first-order chi connectivity index (χ1) is 9.86. The van der Waals surface area contributed by atoms with E-state index in [1.165, 1.54) is 0 Å². The predicted octanol–water partition coefficient (Wildman–Crippen LogP) is 2.82. The lowest BCUT2D eigenvalue weighted by molar-refractivity contribution is 0.188. The van der Waals surface area contributed by atoms with Gasteiger partial charge in [0.1, 0.15) is 0 Å². The second-order valence-corrected chi connectivity index (χ2v) is 4.47. The van der Waals surface area contributed by atoms with E-state index in [1.807, 2.05) is 35.0 Å². The molecule has 2 heterocycles. The number of imidazole rings is 1. The molecule has 0 bridgehead atoms. The highest BCUT2D eigenvalue weighted by Crippen LogP contribution is 2.20. The number of ether oxygens (including phenoxy) is 1. The Bertz CT molecular complexity index is 708. The summed E-state index contributed by atoms with van der Waals surface area (Å²) in [7, 11) is 1.69. The molecule has 3 aromatic rings. The molecule has 3 rings (SSSR count). The zero-order valence-corrected chi connectivity index (χ0v) is 11.3. The number of anilines is 2. The van der Waals surface area contributed by atoms with Crippen molar-refractivity contribution in [3.05, 3.63) is 48.9 Å². The zero-order valence-electron chi connectivity index (χ0n) is 11.3. The molecule has 20 heavy (non-hydrogen) atoms. The van der Waals surface area contributed by atoms with E-state index in [9.17, 15) is 0 Å². The predicted molar refractivity (Wildman–Crippen MR) is 79.1 cm³/mol. The molecule has 1 aromatic carbocycles. The van der Waals surface area contributed by atoms with Gasteiger partial charge in [0.2, 0.25) is 5.95 Å². The van der Waals surface area contributed by atoms with Gasteiger partial charge in [-0.3, -0.25) is 4.98 Å². The van der Waals surface area contributed by atoms with Gasteiger partial charge in [0.25, 0.3) is 0 Å². The normalized spacial score (nSPS) is 10.8. The molecule has 5 heteroatoms. The average molecular weight is 268 g/mol. The van der Waals surface area contributed by atoms with Crippen molar-refractivity contribution >= 4 is 22.5 Å². The molecule has 1 N–H and O–H groups in total. The van der Waals surface area contributed by atoms with Crippen LogP contribution in [0.25, 0.3) is 10.9 Å². The highest BCUT2D eigenvalue weighted by atomic mass is 16.5. The summed E-state index contributed by atoms with van der Waals surface area (Å²) in [6.07, 6.45) is 5.51. The van der Waals surface area contributed by atoms with Crippen LogP contribution in [0.3, 0.4) is 0 Å². The van der Waals surface area contributed by atoms with Gasteiger partial charge in [-0.15, -0.1) is 0 Å². The van der Waals surface area contributed by atoms with E-state index in [4.69, 9.17) is 4.74 Å². The average Bonchev–Trinajstić information content (AvgIpc) is 2.92. The molecule has 0 spiro atoms. The van der Waals surface area contributed by atoms with Crippen molar-refractivity contribution in [3.63, 3.8) is 0 Å². The summed E-state index contributed by atoms with van der Waals surface area (Å²) < 4.78 is 7.12. The summed E-state index contributed by atoms with van der Waals surface area (Å²) >= 11 is 0. The van der Waals surface area contributed by atoms with Crippen LogP contribution in [0.1, 0.15) is 0 Å². The Labute approximate surface area is 117 Å². The second kappa shape index (κ2) is 5.71. The Balaban J connectivity index is 1.84. The number of benzene rings is 1. The van der Waals surface area contributed by atoms with Crippen molar-refractivity contribution in [2.75, 3.05) is 19.0 Å². The van der Waals surface area contributed by atoms with Crippen molar-refractivity contribution in [1.82, 2.24) is 14.5 Å². The molecule has 102 valence electrons. The minimum atomic E-state index is 0.659. The Morgan fingerprint density at radius 1 is 1.20 bits per heavy atom. The minimum Gasteiger partial charge on any atom is -0.383 e. The van der Waals surface area contributed by atoms with Crippen molar-refractivity contribution in [2.24, 2.45) is 0 Å². The van der Waals surface area contributed by atoms with Gasteiger partial charge in [0.15, 0.2) is 0 Å². The molecular weight excluding hydrogens is 252 g/mol. The quantitative estimate of drug-likeness (QED) is 0.773. The molecular formula is C15H16N4O. The highest BCUT2D eigenvalue weighted by Gasteiger charge is 2.03. The lowest BCUT2D eigenvalue weighted by Gasteiger charge is -2.10. The summed E-state index contributed by atoms with van der Waals surface area (Å²) in [5.74, 6) is 0.810. The lowest BCUT2D eigenvalue weighted by atomic mass is 10.2. The third-order valence-electron chi connectivity index (χ3n) is 3.11. The first-order valence-corrected chi connectivity index (χ1v) is 6.49. The van der Waals surface area contributed by atoms with E-state index < -0.39 is 0 Å². The van der Waals surface area contributed by atoms with Gasteiger partial charge in [-0.1, -0.05) is 6.07 Å². The Morgan fingerprint density at radius 2 is 2.15 bits per heavy atom. The first kappa shape index (κ1) is 12.6. The van der Waals surface area contributed by atoms with Crippen LogP contribution >= 0.6 is 0 Å². The molecule has 0 atom stereocenters. The number of methoxy groups -OCH3 is 1. The maximum Gasteiger partial charge on any atom is 0.207 e. The summed E-state index contributed by atoms with van der Waals surface area (Å²) in [6.45, 7) is 1.43. The molecule has 0 aliphatic carbocycles. The van der Waals surface area contributed by atoms with Crippen LogP contribution in [0.2, 0.25) is 0 Å². The van der Waals surface area contributed by atoms with Crippen molar-refractivity contribution in [2.45, 2.75) is 6.54 Å². The van der Waals surface area contributed by atoms with Gasteiger partial charge in [-0.25, -0.2) is 4.98 Å². The smallest absolute Gasteiger partial charge is 0.207 e. The SMILES string of the molecule is COCCn1ccnc1Nc1ccc2ncccc2c1. The number of pyridine rings is 1. The molecule has 5 nitrogen and oxygen atoms in total. The van der Waals surface area contributed by atoms with Crippen LogP contribution in [0.5, 0.6) is 0 Å². The highest BCUT2D eigenvalue weighted by molar-refractivity contribution is 5.82. The number of hydrogen-bond donors (Lipinski definition) is 1. The lowest BCUT2D eigenvalue weighted by Crippen LogP contribution is -2.07. The van der Waals surface area contributed by atoms with Crippen LogP contribution < -0.4 is 5.32 Å². The van der Waals surface area contributed by atoms with E-state index in [2.05, 4.69) is 21.4 Å². The van der Waals surface area contributed by atoms with E-state index in [-0.39, 0.29) is 0 Å². The van der Waals surface area contributed by atoms with Crippen molar-refractivity contribution in [3.8, 4) is 0 Å². The van der Waals surface area contributed by atoms with Crippen LogP contribution in [0.15, 0.2) is 48.9 Å². The molecule has 0 fully saturated rings. The molecule has 2 aromatic heterocycles. The fraction of sp³-hybridized carbons (Fsp3) is 0.200. The maximum atomic E-state index is 5.09. The first-order valence-electron chi connectivity index (χ1n) is 6.49. The number of nitrogens with one attached hydrogen (secondary N) is 1. The van der Waals surface area contributed by atoms with Gasteiger partial charge >= 0.3 is 0 Å².